The first-order valence-corrected chi connectivity index (χ1v) is 8.44. The summed E-state index contributed by atoms with van der Waals surface area (Å²) < 4.78 is 5.91. The van der Waals surface area contributed by atoms with Gasteiger partial charge in [-0.1, -0.05) is 28.1 Å². The fraction of sp³-hybridized carbons (Fsp3) is 0.333. The molecule has 2 atom stereocenters. The number of benzene rings is 1. The second-order valence-corrected chi connectivity index (χ2v) is 6.68. The van der Waals surface area contributed by atoms with Gasteiger partial charge in [0.05, 0.1) is 18.3 Å². The molecule has 0 aliphatic carbocycles. The van der Waals surface area contributed by atoms with E-state index in [9.17, 15) is 4.79 Å². The molecular formula is C15H19BrClN3O2S. The average molecular weight is 421 g/mol. The first-order chi connectivity index (χ1) is 10.5. The Kier molecular flexibility index (Phi) is 8.15. The molecule has 23 heavy (non-hydrogen) atoms. The summed E-state index contributed by atoms with van der Waals surface area (Å²) >= 11 is 4.93. The van der Waals surface area contributed by atoms with Crippen LogP contribution in [0.5, 0.6) is 0 Å². The number of nitrogens with zero attached hydrogens (tertiary/aromatic N) is 1. The number of rotatable bonds is 6. The molecule has 0 bridgehead atoms. The Labute approximate surface area is 154 Å². The number of carbonyl (C=O) groups is 1. The molecule has 1 aromatic heterocycles. The van der Waals surface area contributed by atoms with Crippen molar-refractivity contribution in [2.24, 2.45) is 5.73 Å². The predicted molar refractivity (Wildman–Crippen MR) is 98.9 cm³/mol. The van der Waals surface area contributed by atoms with Gasteiger partial charge in [-0.2, -0.15) is 0 Å². The number of nitrogens with one attached hydrogen (secondary N) is 1. The molecule has 0 saturated carbocycles. The van der Waals surface area contributed by atoms with Crippen LogP contribution in [0, 0.1) is 0 Å². The Hall–Kier alpha value is -0.990. The van der Waals surface area contributed by atoms with Gasteiger partial charge in [0.15, 0.2) is 0 Å². The van der Waals surface area contributed by atoms with Gasteiger partial charge in [-0.3, -0.25) is 4.79 Å². The van der Waals surface area contributed by atoms with Crippen molar-refractivity contribution in [3.63, 3.8) is 0 Å². The van der Waals surface area contributed by atoms with Crippen molar-refractivity contribution >= 4 is 45.6 Å². The number of aromatic nitrogens is 1. The Bertz CT molecular complexity index is 636. The quantitative estimate of drug-likeness (QED) is 0.752. The van der Waals surface area contributed by atoms with Crippen LogP contribution in [-0.4, -0.2) is 30.6 Å². The molecule has 8 heteroatoms. The minimum absolute atomic E-state index is 0. The maximum atomic E-state index is 11.9. The van der Waals surface area contributed by atoms with Gasteiger partial charge >= 0.3 is 0 Å². The monoisotopic (exact) mass is 419 g/mol. The number of hydrogen-bond acceptors (Lipinski definition) is 5. The third-order valence-corrected chi connectivity index (χ3v) is 4.63. The van der Waals surface area contributed by atoms with Crippen LogP contribution in [0.3, 0.4) is 0 Å². The van der Waals surface area contributed by atoms with E-state index < -0.39 is 6.04 Å². The lowest BCUT2D eigenvalue weighted by Crippen LogP contribution is -2.44. The Morgan fingerprint density at radius 3 is 2.70 bits per heavy atom. The van der Waals surface area contributed by atoms with E-state index in [-0.39, 0.29) is 31.0 Å². The summed E-state index contributed by atoms with van der Waals surface area (Å²) in [6.45, 7) is 2.09. The van der Waals surface area contributed by atoms with E-state index in [0.29, 0.717) is 0 Å². The highest BCUT2D eigenvalue weighted by Crippen LogP contribution is 2.26. The molecule has 0 saturated heterocycles. The van der Waals surface area contributed by atoms with E-state index in [1.165, 1.54) is 18.4 Å². The molecule has 0 radical (unpaired) electrons. The molecule has 5 nitrogen and oxygen atoms in total. The fourth-order valence-corrected chi connectivity index (χ4v) is 2.98. The zero-order chi connectivity index (χ0) is 16.1. The van der Waals surface area contributed by atoms with Gasteiger partial charge in [0.1, 0.15) is 11.0 Å². The molecule has 2 aromatic rings. The second kappa shape index (κ2) is 9.34. The van der Waals surface area contributed by atoms with Gasteiger partial charge in [-0.25, -0.2) is 4.98 Å². The van der Waals surface area contributed by atoms with Crippen LogP contribution in [-0.2, 0) is 9.53 Å². The molecule has 0 spiro atoms. The number of carbonyl (C=O) groups excluding carboxylic acids is 1. The van der Waals surface area contributed by atoms with E-state index >= 15 is 0 Å². The number of thiazole rings is 1. The number of halogens is 2. The minimum atomic E-state index is -0.668. The lowest BCUT2D eigenvalue weighted by Gasteiger charge is -2.15. The van der Waals surface area contributed by atoms with Crippen LogP contribution >= 0.6 is 39.7 Å². The summed E-state index contributed by atoms with van der Waals surface area (Å²) in [7, 11) is 1.52. The molecule has 126 valence electrons. The van der Waals surface area contributed by atoms with E-state index in [1.807, 2.05) is 36.6 Å². The molecule has 0 aliphatic heterocycles. The van der Waals surface area contributed by atoms with Crippen molar-refractivity contribution in [2.45, 2.75) is 19.0 Å². The van der Waals surface area contributed by atoms with Gasteiger partial charge in [0, 0.05) is 22.5 Å². The third kappa shape index (κ3) is 5.54. The van der Waals surface area contributed by atoms with E-state index in [0.717, 1.165) is 20.7 Å². The van der Waals surface area contributed by atoms with Gasteiger partial charge in [0.25, 0.3) is 0 Å². The van der Waals surface area contributed by atoms with Gasteiger partial charge in [-0.05, 0) is 19.1 Å². The normalized spacial score (nSPS) is 13.0. The predicted octanol–water partition coefficient (Wildman–Crippen LogP) is 3.15. The summed E-state index contributed by atoms with van der Waals surface area (Å²) in [6.07, 6.45) is 0. The molecule has 0 fully saturated rings. The van der Waals surface area contributed by atoms with Crippen LogP contribution in [0.4, 0.5) is 0 Å². The lowest BCUT2D eigenvalue weighted by atomic mass is 10.2. The summed E-state index contributed by atoms with van der Waals surface area (Å²) in [5, 5.41) is 5.68. The standard InChI is InChI=1S/C15H18BrN3O2S.ClH/c1-9(18-14(20)12(17)7-21-2)15-19-13(8-22-15)10-3-5-11(16)6-4-10;/h3-6,8-9,12H,7,17H2,1-2H3,(H,18,20);1H. The lowest BCUT2D eigenvalue weighted by molar-refractivity contribution is -0.124. The molecule has 1 heterocycles. The maximum absolute atomic E-state index is 11.9. The summed E-state index contributed by atoms with van der Waals surface area (Å²) in [5.41, 5.74) is 7.65. The highest BCUT2D eigenvalue weighted by atomic mass is 79.9. The number of ether oxygens (including phenoxy) is 1. The third-order valence-electron chi connectivity index (χ3n) is 3.07. The van der Waals surface area contributed by atoms with Crippen molar-refractivity contribution < 1.29 is 9.53 Å². The van der Waals surface area contributed by atoms with Gasteiger partial charge < -0.3 is 15.8 Å². The number of methoxy groups -OCH3 is 1. The van der Waals surface area contributed by atoms with Crippen LogP contribution in [0.1, 0.15) is 18.0 Å². The second-order valence-electron chi connectivity index (χ2n) is 4.87. The van der Waals surface area contributed by atoms with Crippen molar-refractivity contribution in [3.8, 4) is 11.3 Å². The first kappa shape index (κ1) is 20.1. The smallest absolute Gasteiger partial charge is 0.239 e. The molecule has 2 rings (SSSR count). The molecular weight excluding hydrogens is 402 g/mol. The minimum Gasteiger partial charge on any atom is -0.383 e. The van der Waals surface area contributed by atoms with Crippen LogP contribution in [0.25, 0.3) is 11.3 Å². The molecule has 2 unspecified atom stereocenters. The zero-order valence-corrected chi connectivity index (χ0v) is 16.0. The highest BCUT2D eigenvalue weighted by molar-refractivity contribution is 9.10. The van der Waals surface area contributed by atoms with Crippen LogP contribution < -0.4 is 11.1 Å². The fourth-order valence-electron chi connectivity index (χ4n) is 1.88. The number of hydrogen-bond donors (Lipinski definition) is 2. The zero-order valence-electron chi connectivity index (χ0n) is 12.8. The number of nitrogens with two attached hydrogens (primary N) is 1. The SMILES string of the molecule is COCC(N)C(=O)NC(C)c1nc(-c2ccc(Br)cc2)cs1.Cl. The topological polar surface area (TPSA) is 77.2 Å². The van der Waals surface area contributed by atoms with Gasteiger partial charge in [0.2, 0.25) is 5.91 Å². The number of amides is 1. The summed E-state index contributed by atoms with van der Waals surface area (Å²) in [6, 6.07) is 7.09. The van der Waals surface area contributed by atoms with E-state index in [1.54, 1.807) is 0 Å². The van der Waals surface area contributed by atoms with Crippen molar-refractivity contribution in [3.05, 3.63) is 39.1 Å². The molecule has 3 N–H and O–H groups in total. The first-order valence-electron chi connectivity index (χ1n) is 6.77. The van der Waals surface area contributed by atoms with Crippen LogP contribution in [0.15, 0.2) is 34.1 Å². The maximum Gasteiger partial charge on any atom is 0.239 e. The van der Waals surface area contributed by atoms with E-state index in [4.69, 9.17) is 10.5 Å². The molecule has 1 aromatic carbocycles. The Morgan fingerprint density at radius 1 is 1.43 bits per heavy atom. The van der Waals surface area contributed by atoms with Crippen molar-refractivity contribution in [1.82, 2.24) is 10.3 Å². The van der Waals surface area contributed by atoms with Crippen molar-refractivity contribution in [2.75, 3.05) is 13.7 Å². The molecule has 1 amide bonds. The summed E-state index contributed by atoms with van der Waals surface area (Å²) in [4.78, 5) is 16.5. The Balaban J connectivity index is 0.00000264. The van der Waals surface area contributed by atoms with Crippen molar-refractivity contribution in [1.29, 1.82) is 0 Å². The average Bonchev–Trinajstić information content (AvgIpc) is 2.98. The highest BCUT2D eigenvalue weighted by Gasteiger charge is 2.18. The Morgan fingerprint density at radius 2 is 2.09 bits per heavy atom. The largest absolute Gasteiger partial charge is 0.383 e. The van der Waals surface area contributed by atoms with Crippen LogP contribution in [0.2, 0.25) is 0 Å². The van der Waals surface area contributed by atoms with Gasteiger partial charge in [-0.15, -0.1) is 23.7 Å². The molecule has 0 aliphatic rings. The van der Waals surface area contributed by atoms with E-state index in [2.05, 4.69) is 26.2 Å². The summed E-state index contributed by atoms with van der Waals surface area (Å²) in [5.74, 6) is -0.241.